The van der Waals surface area contributed by atoms with Gasteiger partial charge in [0.05, 0.1) is 11.0 Å². The third-order valence-electron chi connectivity index (χ3n) is 1.60. The lowest BCUT2D eigenvalue weighted by Gasteiger charge is -1.93. The van der Waals surface area contributed by atoms with Crippen molar-refractivity contribution < 1.29 is 0 Å². The Hall–Kier alpha value is -0.610. The molecule has 0 unspecified atom stereocenters. The molecule has 0 aliphatic carbocycles. The molecule has 0 saturated heterocycles. The summed E-state index contributed by atoms with van der Waals surface area (Å²) in [5.41, 5.74) is 0.830. The van der Waals surface area contributed by atoms with Gasteiger partial charge < -0.3 is 0 Å². The van der Waals surface area contributed by atoms with Crippen LogP contribution in [0.5, 0.6) is 0 Å². The molecule has 0 radical (unpaired) electrons. The minimum absolute atomic E-state index is 0.471. The van der Waals surface area contributed by atoms with Crippen molar-refractivity contribution in [1.82, 2.24) is 4.98 Å². The Balaban J connectivity index is 3.53. The summed E-state index contributed by atoms with van der Waals surface area (Å²) in [5.74, 6) is 0. The molecule has 1 rings (SSSR count). The molecule has 0 N–H and O–H groups in total. The Morgan fingerprint density at radius 1 is 1.50 bits per heavy atom. The van der Waals surface area contributed by atoms with Crippen LogP contribution in [0.15, 0.2) is 30.3 Å². The Labute approximate surface area is 102 Å². The quantitative estimate of drug-likeness (QED) is 0.764. The molecule has 0 bridgehead atoms. The second kappa shape index (κ2) is 5.32. The number of pyridine rings is 1. The highest BCUT2D eigenvalue weighted by atomic mass is 127. The van der Waals surface area contributed by atoms with Crippen LogP contribution < -0.4 is 10.6 Å². The van der Waals surface area contributed by atoms with Gasteiger partial charge in [-0.25, -0.2) is 4.98 Å². The summed E-state index contributed by atoms with van der Waals surface area (Å²) >= 11 is 7.87. The predicted octanol–water partition coefficient (Wildman–Crippen LogP) is 2.43. The second-order valence-corrected chi connectivity index (χ2v) is 3.72. The van der Waals surface area contributed by atoms with Gasteiger partial charge in [-0.3, -0.25) is 0 Å². The van der Waals surface area contributed by atoms with E-state index in [2.05, 4.69) is 40.7 Å². The molecule has 1 nitrogen and oxygen atoms in total. The van der Waals surface area contributed by atoms with Crippen molar-refractivity contribution >= 4 is 50.4 Å². The molecule has 1 heterocycles. The maximum atomic E-state index is 5.70. The predicted molar refractivity (Wildman–Crippen MR) is 71.5 cm³/mol. The first-order chi connectivity index (χ1) is 6.67. The highest BCUT2D eigenvalue weighted by Crippen LogP contribution is 1.96. The highest BCUT2D eigenvalue weighted by molar-refractivity contribution is 14.1. The molecule has 14 heavy (non-hydrogen) atoms. The van der Waals surface area contributed by atoms with Gasteiger partial charge in [-0.1, -0.05) is 53.4 Å². The molecule has 3 heteroatoms. The van der Waals surface area contributed by atoms with Crippen LogP contribution in [0, 0.1) is 0 Å². The van der Waals surface area contributed by atoms with E-state index in [4.69, 9.17) is 11.6 Å². The van der Waals surface area contributed by atoms with E-state index in [0.29, 0.717) is 5.03 Å². The van der Waals surface area contributed by atoms with Gasteiger partial charge >= 0.3 is 0 Å². The van der Waals surface area contributed by atoms with Crippen molar-refractivity contribution in [2.45, 2.75) is 0 Å². The van der Waals surface area contributed by atoms with Gasteiger partial charge in [0.2, 0.25) is 0 Å². The Morgan fingerprint density at radius 3 is 2.71 bits per heavy atom. The van der Waals surface area contributed by atoms with E-state index in [1.165, 1.54) is 0 Å². The van der Waals surface area contributed by atoms with E-state index in [1.807, 2.05) is 16.2 Å². The summed E-state index contributed by atoms with van der Waals surface area (Å²) in [5, 5.41) is 2.31. The zero-order valence-corrected chi connectivity index (χ0v) is 10.4. The Bertz CT molecular complexity index is 477. The summed E-state index contributed by atoms with van der Waals surface area (Å²) in [6.07, 6.45) is 3.43. The molecule has 0 aliphatic heterocycles. The minimum Gasteiger partial charge on any atom is -0.248 e. The molecule has 72 valence electrons. The molecule has 0 aromatic carbocycles. The molecule has 1 aromatic rings. The van der Waals surface area contributed by atoms with Gasteiger partial charge in [-0.15, -0.1) is 0 Å². The number of aromatic nitrogens is 1. The summed E-state index contributed by atoms with van der Waals surface area (Å²) in [6.45, 7) is 7.27. The lowest BCUT2D eigenvalue weighted by molar-refractivity contribution is 1.20. The molecular weight excluding hydrogens is 308 g/mol. The third-order valence-corrected chi connectivity index (χ3v) is 2.38. The van der Waals surface area contributed by atoms with Crippen LogP contribution in [-0.2, 0) is 0 Å². The van der Waals surface area contributed by atoms with E-state index in [9.17, 15) is 0 Å². The number of halogens is 2. The monoisotopic (exact) mass is 317 g/mol. The zero-order valence-electron chi connectivity index (χ0n) is 7.50. The Morgan fingerprint density at radius 2 is 2.21 bits per heavy atom. The maximum absolute atomic E-state index is 5.70. The number of hydrogen-bond acceptors (Lipinski definition) is 1. The molecule has 0 spiro atoms. The highest BCUT2D eigenvalue weighted by Gasteiger charge is 1.90. The summed E-state index contributed by atoms with van der Waals surface area (Å²) in [6, 6.07) is 3.88. The standard InChI is InChI=1S/C11H9ClIN/c1-3-10-5-4-9(7-13)11(14-10)6-8(2)12/h3-7H,1-2H2/b9-7-,11-6+. The fourth-order valence-electron chi connectivity index (χ4n) is 0.971. The molecule has 0 fully saturated rings. The SMILES string of the molecule is C=Cc1ccc(=C/I)/c(=C\C(=C)Cl)n1. The fourth-order valence-corrected chi connectivity index (χ4v) is 1.60. The van der Waals surface area contributed by atoms with Crippen LogP contribution in [-0.4, -0.2) is 4.98 Å². The van der Waals surface area contributed by atoms with E-state index in [0.717, 1.165) is 16.3 Å². The molecule has 0 amide bonds. The molecule has 0 aliphatic rings. The molecule has 0 saturated carbocycles. The fraction of sp³-hybridized carbons (Fsp3) is 0. The van der Waals surface area contributed by atoms with Crippen molar-refractivity contribution in [1.29, 1.82) is 0 Å². The van der Waals surface area contributed by atoms with Crippen LogP contribution >= 0.6 is 34.2 Å². The number of rotatable bonds is 2. The molecule has 1 aromatic heterocycles. The largest absolute Gasteiger partial charge is 0.248 e. The van der Waals surface area contributed by atoms with Crippen molar-refractivity contribution in [3.05, 3.63) is 46.6 Å². The van der Waals surface area contributed by atoms with E-state index < -0.39 is 0 Å². The van der Waals surface area contributed by atoms with Crippen molar-refractivity contribution in [3.63, 3.8) is 0 Å². The third kappa shape index (κ3) is 2.96. The van der Waals surface area contributed by atoms with Gasteiger partial charge in [0, 0.05) is 10.3 Å². The average Bonchev–Trinajstić information content (AvgIpc) is 2.16. The van der Waals surface area contributed by atoms with E-state index in [1.54, 1.807) is 12.2 Å². The number of allylic oxidation sites excluding steroid dienone is 1. The van der Waals surface area contributed by atoms with Crippen molar-refractivity contribution in [3.8, 4) is 0 Å². The van der Waals surface area contributed by atoms with Gasteiger partial charge in [-0.2, -0.15) is 0 Å². The second-order valence-electron chi connectivity index (χ2n) is 2.62. The van der Waals surface area contributed by atoms with Gasteiger partial charge in [0.1, 0.15) is 0 Å². The number of nitrogens with zero attached hydrogens (tertiary/aromatic N) is 1. The first-order valence-electron chi connectivity index (χ1n) is 3.93. The first-order valence-corrected chi connectivity index (χ1v) is 5.56. The maximum Gasteiger partial charge on any atom is 0.0728 e. The average molecular weight is 318 g/mol. The van der Waals surface area contributed by atoms with Crippen LogP contribution in [0.1, 0.15) is 5.69 Å². The lowest BCUT2D eigenvalue weighted by atomic mass is 10.3. The van der Waals surface area contributed by atoms with E-state index >= 15 is 0 Å². The number of hydrogen-bond donors (Lipinski definition) is 0. The summed E-state index contributed by atoms with van der Waals surface area (Å²) in [4.78, 5) is 4.35. The minimum atomic E-state index is 0.471. The van der Waals surface area contributed by atoms with Crippen LogP contribution in [0.4, 0.5) is 0 Å². The van der Waals surface area contributed by atoms with Crippen LogP contribution in [0.2, 0.25) is 0 Å². The smallest absolute Gasteiger partial charge is 0.0728 e. The Kier molecular flexibility index (Phi) is 4.35. The summed E-state index contributed by atoms with van der Waals surface area (Å²) < 4.78 is 1.95. The summed E-state index contributed by atoms with van der Waals surface area (Å²) in [7, 11) is 0. The van der Waals surface area contributed by atoms with Crippen LogP contribution in [0.3, 0.4) is 0 Å². The topological polar surface area (TPSA) is 12.9 Å². The normalized spacial score (nSPS) is 13.0. The van der Waals surface area contributed by atoms with Gasteiger partial charge in [0.25, 0.3) is 0 Å². The van der Waals surface area contributed by atoms with Crippen molar-refractivity contribution in [2.24, 2.45) is 0 Å². The molecular formula is C11H9ClIN. The van der Waals surface area contributed by atoms with Gasteiger partial charge in [0.15, 0.2) is 0 Å². The lowest BCUT2D eigenvalue weighted by Crippen LogP contribution is -2.27. The zero-order chi connectivity index (χ0) is 10.6. The van der Waals surface area contributed by atoms with Gasteiger partial charge in [-0.05, 0) is 22.3 Å². The first kappa shape index (κ1) is 11.5. The molecule has 0 atom stereocenters. The van der Waals surface area contributed by atoms with Crippen LogP contribution in [0.25, 0.3) is 16.2 Å². The van der Waals surface area contributed by atoms with E-state index in [-0.39, 0.29) is 0 Å². The van der Waals surface area contributed by atoms with Crippen molar-refractivity contribution in [2.75, 3.05) is 0 Å².